The van der Waals surface area contributed by atoms with Gasteiger partial charge in [0.25, 0.3) is 5.91 Å². The number of benzene rings is 1. The minimum Gasteiger partial charge on any atom is -0.488 e. The summed E-state index contributed by atoms with van der Waals surface area (Å²) in [5.74, 6) is 0.505. The number of rotatable bonds is 8. The van der Waals surface area contributed by atoms with Gasteiger partial charge in [-0.25, -0.2) is 9.97 Å². The van der Waals surface area contributed by atoms with Gasteiger partial charge in [-0.1, -0.05) is 13.8 Å². The first-order valence-corrected chi connectivity index (χ1v) is 11.7. The molecule has 180 valence electrons. The lowest BCUT2D eigenvalue weighted by Gasteiger charge is -2.52. The first-order valence-electron chi connectivity index (χ1n) is 11.7. The van der Waals surface area contributed by atoms with Crippen molar-refractivity contribution in [3.8, 4) is 5.75 Å². The average molecular weight is 468 g/mol. The van der Waals surface area contributed by atoms with Gasteiger partial charge in [0.15, 0.2) is 5.89 Å². The number of amides is 2. The van der Waals surface area contributed by atoms with Crippen molar-refractivity contribution in [1.82, 2.24) is 14.5 Å². The second-order valence-electron chi connectivity index (χ2n) is 9.25. The first kappa shape index (κ1) is 22.4. The molecule has 2 aromatic heterocycles. The lowest BCUT2D eigenvalue weighted by molar-refractivity contribution is -0.191. The number of aryl methyl sites for hydroxylation is 3. The number of carbonyl (C=O) groups is 2. The van der Waals surface area contributed by atoms with E-state index in [0.717, 1.165) is 38.0 Å². The Bertz CT molecular complexity index is 1260. The van der Waals surface area contributed by atoms with Crippen molar-refractivity contribution in [3.63, 3.8) is 0 Å². The highest BCUT2D eigenvalue weighted by Gasteiger charge is 2.51. The lowest BCUT2D eigenvalue weighted by Crippen LogP contribution is -2.56. The highest BCUT2D eigenvalue weighted by atomic mass is 16.5. The molecule has 10 heteroatoms. The molecule has 2 amide bonds. The maximum absolute atomic E-state index is 13.0. The summed E-state index contributed by atoms with van der Waals surface area (Å²) in [5.41, 5.74) is 7.97. The molecule has 1 saturated heterocycles. The Morgan fingerprint density at radius 3 is 2.65 bits per heavy atom. The lowest BCUT2D eigenvalue weighted by atomic mass is 9.65. The van der Waals surface area contributed by atoms with Crippen LogP contribution in [0.4, 0.5) is 5.95 Å². The van der Waals surface area contributed by atoms with E-state index in [-0.39, 0.29) is 17.3 Å². The van der Waals surface area contributed by atoms with E-state index in [0.29, 0.717) is 47.3 Å². The molecule has 5 rings (SSSR count). The van der Waals surface area contributed by atoms with E-state index >= 15 is 0 Å². The highest BCUT2D eigenvalue weighted by Crippen LogP contribution is 2.49. The number of fused-ring (bicyclic) bond motifs is 1. The quantitative estimate of drug-likeness (QED) is 0.519. The summed E-state index contributed by atoms with van der Waals surface area (Å²) in [7, 11) is 0. The van der Waals surface area contributed by atoms with E-state index in [4.69, 9.17) is 19.6 Å². The molecule has 0 atom stereocenters. The van der Waals surface area contributed by atoms with Crippen molar-refractivity contribution in [3.05, 3.63) is 35.0 Å². The second kappa shape index (κ2) is 8.43. The Kier molecular flexibility index (Phi) is 5.55. The number of nitrogens with two attached hydrogens (primary N) is 1. The maximum Gasteiger partial charge on any atom is 0.295 e. The van der Waals surface area contributed by atoms with Crippen LogP contribution in [0, 0.1) is 12.3 Å². The van der Waals surface area contributed by atoms with E-state index in [2.05, 4.69) is 15.3 Å². The molecule has 1 aliphatic heterocycles. The third-order valence-corrected chi connectivity index (χ3v) is 6.54. The number of ether oxygens (including phenoxy) is 2. The molecule has 3 aromatic rings. The maximum atomic E-state index is 13.0. The van der Waals surface area contributed by atoms with Crippen molar-refractivity contribution < 1.29 is 23.5 Å². The molecule has 3 heterocycles. The van der Waals surface area contributed by atoms with Gasteiger partial charge >= 0.3 is 0 Å². The Hall–Kier alpha value is -3.40. The molecule has 10 nitrogen and oxygen atoms in total. The van der Waals surface area contributed by atoms with Crippen LogP contribution in [-0.2, 0) is 17.7 Å². The molecule has 1 aromatic carbocycles. The fourth-order valence-corrected chi connectivity index (χ4v) is 4.84. The van der Waals surface area contributed by atoms with Gasteiger partial charge in [-0.2, -0.15) is 0 Å². The third-order valence-electron chi connectivity index (χ3n) is 6.54. The fraction of sp³-hybridized carbons (Fsp3) is 0.500. The van der Waals surface area contributed by atoms with Crippen molar-refractivity contribution in [2.24, 2.45) is 11.1 Å². The van der Waals surface area contributed by atoms with Crippen molar-refractivity contribution in [2.45, 2.75) is 59.1 Å². The first-order chi connectivity index (χ1) is 16.3. The van der Waals surface area contributed by atoms with Crippen LogP contribution in [0.2, 0.25) is 0 Å². The van der Waals surface area contributed by atoms with E-state index in [1.54, 1.807) is 19.1 Å². The zero-order chi connectivity index (χ0) is 24.0. The molecule has 1 saturated carbocycles. The molecular weight excluding hydrogens is 438 g/mol. The largest absolute Gasteiger partial charge is 0.488 e. The van der Waals surface area contributed by atoms with Crippen LogP contribution in [0.5, 0.6) is 5.75 Å². The van der Waals surface area contributed by atoms with Crippen LogP contribution >= 0.6 is 0 Å². The number of primary amides is 1. The van der Waals surface area contributed by atoms with Crippen LogP contribution in [0.25, 0.3) is 11.0 Å². The Morgan fingerprint density at radius 1 is 1.26 bits per heavy atom. The standard InChI is InChI=1S/C24H29N5O5/c1-4-6-29-19-17(27-23(29)28-22(31)20-16(5-2)26-13(3)33-20)7-14(21(25)30)8-18(19)34-15-9-24(10-15)11-32-12-24/h7-8,15H,4-6,9-12H2,1-3H3,(H2,25,30)(H,27,28,31). The molecule has 34 heavy (non-hydrogen) atoms. The number of anilines is 1. The van der Waals surface area contributed by atoms with Gasteiger partial charge in [0.05, 0.1) is 24.4 Å². The van der Waals surface area contributed by atoms with Gasteiger partial charge in [-0.3, -0.25) is 14.9 Å². The number of nitrogens with zero attached hydrogens (tertiary/aromatic N) is 3. The average Bonchev–Trinajstić information content (AvgIpc) is 3.29. The van der Waals surface area contributed by atoms with E-state index in [9.17, 15) is 9.59 Å². The number of aromatic nitrogens is 3. The van der Waals surface area contributed by atoms with Crippen LogP contribution in [0.3, 0.4) is 0 Å². The SMILES string of the molecule is CCCn1c(NC(=O)c2oc(C)nc2CC)nc2cc(C(N)=O)cc(OC3CC4(COC4)C3)c21. The number of oxazole rings is 1. The summed E-state index contributed by atoms with van der Waals surface area (Å²) in [6.07, 6.45) is 3.22. The Balaban J connectivity index is 1.52. The van der Waals surface area contributed by atoms with Gasteiger partial charge in [-0.15, -0.1) is 0 Å². The molecule has 0 radical (unpaired) electrons. The normalized spacial score (nSPS) is 16.9. The third kappa shape index (κ3) is 3.81. The fourth-order valence-electron chi connectivity index (χ4n) is 4.84. The van der Waals surface area contributed by atoms with Gasteiger partial charge in [-0.05, 0) is 37.8 Å². The van der Waals surface area contributed by atoms with Gasteiger partial charge in [0, 0.05) is 24.4 Å². The number of nitrogens with one attached hydrogen (secondary N) is 1. The summed E-state index contributed by atoms with van der Waals surface area (Å²) in [6.45, 7) is 7.80. The molecule has 0 unspecified atom stereocenters. The smallest absolute Gasteiger partial charge is 0.295 e. The molecule has 2 aliphatic rings. The van der Waals surface area contributed by atoms with Crippen LogP contribution < -0.4 is 15.8 Å². The van der Waals surface area contributed by atoms with E-state index in [1.165, 1.54) is 0 Å². The van der Waals surface area contributed by atoms with Gasteiger partial charge in [0.2, 0.25) is 17.6 Å². The summed E-state index contributed by atoms with van der Waals surface area (Å²) in [5, 5.41) is 2.87. The minimum absolute atomic E-state index is 0.0301. The second-order valence-corrected chi connectivity index (χ2v) is 9.25. The molecule has 1 spiro atoms. The van der Waals surface area contributed by atoms with Gasteiger partial charge < -0.3 is 24.2 Å². The predicted molar refractivity (Wildman–Crippen MR) is 124 cm³/mol. The summed E-state index contributed by atoms with van der Waals surface area (Å²) in [6, 6.07) is 3.30. The topological polar surface area (TPSA) is 134 Å². The van der Waals surface area contributed by atoms with Crippen LogP contribution in [0.15, 0.2) is 16.5 Å². The molecule has 3 N–H and O–H groups in total. The van der Waals surface area contributed by atoms with Crippen LogP contribution in [-0.4, -0.2) is 45.7 Å². The summed E-state index contributed by atoms with van der Waals surface area (Å²) < 4.78 is 19.2. The summed E-state index contributed by atoms with van der Waals surface area (Å²) >= 11 is 0. The predicted octanol–water partition coefficient (Wildman–Crippen LogP) is 3.21. The number of carbonyl (C=O) groups excluding carboxylic acids is 2. The van der Waals surface area contributed by atoms with E-state index < -0.39 is 11.8 Å². The highest BCUT2D eigenvalue weighted by molar-refractivity contribution is 6.04. The zero-order valence-corrected chi connectivity index (χ0v) is 19.6. The summed E-state index contributed by atoms with van der Waals surface area (Å²) in [4.78, 5) is 33.9. The Labute approximate surface area is 196 Å². The number of hydrogen-bond donors (Lipinski definition) is 2. The Morgan fingerprint density at radius 2 is 2.03 bits per heavy atom. The molecule has 1 aliphatic carbocycles. The van der Waals surface area contributed by atoms with Crippen molar-refractivity contribution >= 4 is 28.8 Å². The number of hydrogen-bond acceptors (Lipinski definition) is 7. The molecule has 2 fully saturated rings. The van der Waals surface area contributed by atoms with Crippen molar-refractivity contribution in [1.29, 1.82) is 0 Å². The minimum atomic E-state index is -0.565. The number of imidazole rings is 1. The molecular formula is C24H29N5O5. The van der Waals surface area contributed by atoms with Gasteiger partial charge in [0.1, 0.15) is 17.4 Å². The van der Waals surface area contributed by atoms with E-state index in [1.807, 2.05) is 18.4 Å². The monoisotopic (exact) mass is 467 g/mol. The molecule has 0 bridgehead atoms. The zero-order valence-electron chi connectivity index (χ0n) is 19.6. The van der Waals surface area contributed by atoms with Crippen molar-refractivity contribution in [2.75, 3.05) is 18.5 Å². The van der Waals surface area contributed by atoms with Crippen LogP contribution in [0.1, 0.15) is 65.6 Å².